The standard InChI is InChI=1S/C29H40O6/c1-2-6-19-9-11-20(12-10-19)15-23-16-22(29-28(33)27(32)26(31)25(17-30)35-29)13-14-24(23)34-18-21-7-4-3-5-8-21/h3-5,7-8,13-14,16,19-20,25-33H,2,6,9-12,15,17-18H2,1H3/t19?,20?,25-,26-,27+,28-,29?/m1/s1. The third-order valence-corrected chi connectivity index (χ3v) is 7.71. The normalized spacial score (nSPS) is 31.3. The van der Waals surface area contributed by atoms with Crippen molar-refractivity contribution in [3.05, 3.63) is 65.2 Å². The molecule has 192 valence electrons. The Labute approximate surface area is 208 Å². The minimum atomic E-state index is -1.39. The van der Waals surface area contributed by atoms with E-state index in [1.165, 1.54) is 38.5 Å². The summed E-state index contributed by atoms with van der Waals surface area (Å²) in [6, 6.07) is 15.8. The van der Waals surface area contributed by atoms with Crippen molar-refractivity contribution in [3.8, 4) is 5.75 Å². The highest BCUT2D eigenvalue weighted by atomic mass is 16.5. The number of hydrogen-bond acceptors (Lipinski definition) is 6. The van der Waals surface area contributed by atoms with Crippen molar-refractivity contribution in [3.63, 3.8) is 0 Å². The van der Waals surface area contributed by atoms with Gasteiger partial charge in [0.2, 0.25) is 0 Å². The molecule has 5 atom stereocenters. The first kappa shape index (κ1) is 26.1. The minimum absolute atomic E-state index is 0.437. The fraction of sp³-hybridized carbons (Fsp3) is 0.586. The Morgan fingerprint density at radius 3 is 2.29 bits per heavy atom. The van der Waals surface area contributed by atoms with Crippen LogP contribution in [0.5, 0.6) is 5.75 Å². The number of aliphatic hydroxyl groups is 4. The first-order valence-corrected chi connectivity index (χ1v) is 13.1. The summed E-state index contributed by atoms with van der Waals surface area (Å²) in [5.41, 5.74) is 2.87. The van der Waals surface area contributed by atoms with Crippen LogP contribution in [0.15, 0.2) is 48.5 Å². The van der Waals surface area contributed by atoms with E-state index in [0.29, 0.717) is 18.1 Å². The second kappa shape index (κ2) is 12.3. The fourth-order valence-electron chi connectivity index (χ4n) is 5.63. The molecule has 2 fully saturated rings. The summed E-state index contributed by atoms with van der Waals surface area (Å²) in [6.45, 7) is 2.29. The van der Waals surface area contributed by atoms with Gasteiger partial charge in [0.05, 0.1) is 6.61 Å². The van der Waals surface area contributed by atoms with Crippen molar-refractivity contribution in [2.75, 3.05) is 6.61 Å². The highest BCUT2D eigenvalue weighted by molar-refractivity contribution is 5.39. The molecule has 0 spiro atoms. The van der Waals surface area contributed by atoms with E-state index in [1.54, 1.807) is 0 Å². The van der Waals surface area contributed by atoms with Gasteiger partial charge in [0.25, 0.3) is 0 Å². The summed E-state index contributed by atoms with van der Waals surface area (Å²) in [7, 11) is 0. The van der Waals surface area contributed by atoms with E-state index < -0.39 is 37.1 Å². The van der Waals surface area contributed by atoms with Crippen molar-refractivity contribution in [1.29, 1.82) is 0 Å². The second-order valence-electron chi connectivity index (χ2n) is 10.3. The number of rotatable bonds is 9. The van der Waals surface area contributed by atoms with Crippen LogP contribution in [0.2, 0.25) is 0 Å². The van der Waals surface area contributed by atoms with Crippen LogP contribution in [-0.4, -0.2) is 51.4 Å². The molecule has 2 aliphatic rings. The van der Waals surface area contributed by atoms with Crippen LogP contribution in [-0.2, 0) is 17.8 Å². The number of aliphatic hydroxyl groups excluding tert-OH is 4. The topological polar surface area (TPSA) is 99.4 Å². The maximum Gasteiger partial charge on any atom is 0.123 e. The van der Waals surface area contributed by atoms with Gasteiger partial charge in [-0.1, -0.05) is 69.0 Å². The lowest BCUT2D eigenvalue weighted by atomic mass is 9.77. The largest absolute Gasteiger partial charge is 0.489 e. The van der Waals surface area contributed by atoms with Gasteiger partial charge in [0, 0.05) is 0 Å². The monoisotopic (exact) mass is 484 g/mol. The molecule has 0 aromatic heterocycles. The van der Waals surface area contributed by atoms with Gasteiger partial charge < -0.3 is 29.9 Å². The van der Waals surface area contributed by atoms with Gasteiger partial charge in [-0.05, 0) is 59.9 Å². The molecule has 35 heavy (non-hydrogen) atoms. The first-order valence-electron chi connectivity index (χ1n) is 13.1. The molecule has 1 saturated heterocycles. The Kier molecular flexibility index (Phi) is 9.20. The lowest BCUT2D eigenvalue weighted by Gasteiger charge is -2.40. The van der Waals surface area contributed by atoms with E-state index >= 15 is 0 Å². The molecular weight excluding hydrogens is 444 g/mol. The molecule has 1 saturated carbocycles. The predicted octanol–water partition coefficient (Wildman–Crippen LogP) is 3.93. The van der Waals surface area contributed by atoms with Gasteiger partial charge in [0.15, 0.2) is 0 Å². The summed E-state index contributed by atoms with van der Waals surface area (Å²) >= 11 is 0. The maximum absolute atomic E-state index is 10.6. The van der Waals surface area contributed by atoms with Crippen molar-refractivity contribution < 1.29 is 29.9 Å². The molecule has 1 aliphatic heterocycles. The van der Waals surface area contributed by atoms with Gasteiger partial charge in [-0.25, -0.2) is 0 Å². The predicted molar refractivity (Wildman–Crippen MR) is 134 cm³/mol. The van der Waals surface area contributed by atoms with E-state index in [4.69, 9.17) is 9.47 Å². The lowest BCUT2D eigenvalue weighted by Crippen LogP contribution is -2.55. The summed E-state index contributed by atoms with van der Waals surface area (Å²) in [5.74, 6) is 2.23. The number of ether oxygens (including phenoxy) is 2. The molecule has 2 aromatic rings. The molecule has 6 heteroatoms. The molecule has 2 aromatic carbocycles. The van der Waals surface area contributed by atoms with Gasteiger partial charge in [-0.3, -0.25) is 0 Å². The number of hydrogen-bond donors (Lipinski definition) is 4. The van der Waals surface area contributed by atoms with Gasteiger partial charge >= 0.3 is 0 Å². The van der Waals surface area contributed by atoms with Gasteiger partial charge in [-0.2, -0.15) is 0 Å². The van der Waals surface area contributed by atoms with Crippen LogP contribution in [0.1, 0.15) is 68.2 Å². The van der Waals surface area contributed by atoms with E-state index in [-0.39, 0.29) is 0 Å². The van der Waals surface area contributed by atoms with Crippen LogP contribution in [0.25, 0.3) is 0 Å². The Morgan fingerprint density at radius 1 is 0.886 bits per heavy atom. The summed E-state index contributed by atoms with van der Waals surface area (Å²) in [6.07, 6.45) is 2.57. The van der Waals surface area contributed by atoms with Crippen molar-refractivity contribution in [2.24, 2.45) is 11.8 Å². The van der Waals surface area contributed by atoms with Gasteiger partial charge in [-0.15, -0.1) is 0 Å². The Bertz CT molecular complexity index is 909. The summed E-state index contributed by atoms with van der Waals surface area (Å²) in [4.78, 5) is 0. The molecule has 1 unspecified atom stereocenters. The molecule has 0 amide bonds. The number of benzene rings is 2. The average Bonchev–Trinajstić information content (AvgIpc) is 2.89. The Morgan fingerprint density at radius 2 is 1.60 bits per heavy atom. The summed E-state index contributed by atoms with van der Waals surface area (Å²) < 4.78 is 12.1. The zero-order valence-electron chi connectivity index (χ0n) is 20.6. The highest BCUT2D eigenvalue weighted by Gasteiger charge is 2.44. The molecule has 0 radical (unpaired) electrons. The van der Waals surface area contributed by atoms with Crippen LogP contribution < -0.4 is 4.74 Å². The quantitative estimate of drug-likeness (QED) is 0.431. The summed E-state index contributed by atoms with van der Waals surface area (Å²) in [5, 5.41) is 40.7. The van der Waals surface area contributed by atoms with Crippen LogP contribution in [0.3, 0.4) is 0 Å². The van der Waals surface area contributed by atoms with Crippen LogP contribution in [0, 0.1) is 11.8 Å². The minimum Gasteiger partial charge on any atom is -0.489 e. The van der Waals surface area contributed by atoms with E-state index in [2.05, 4.69) is 6.92 Å². The zero-order chi connectivity index (χ0) is 24.8. The molecule has 6 nitrogen and oxygen atoms in total. The average molecular weight is 485 g/mol. The SMILES string of the molecule is CCCC1CCC(Cc2cc(C3O[C@H](CO)[C@@H](O)[C@H](O)[C@H]3O)ccc2OCc2ccccc2)CC1. The van der Waals surface area contributed by atoms with Crippen molar-refractivity contribution >= 4 is 0 Å². The molecule has 4 N–H and O–H groups in total. The fourth-order valence-corrected chi connectivity index (χ4v) is 5.63. The van der Waals surface area contributed by atoms with E-state index in [0.717, 1.165) is 29.2 Å². The molecular formula is C29H40O6. The zero-order valence-corrected chi connectivity index (χ0v) is 20.6. The third kappa shape index (κ3) is 6.43. The second-order valence-corrected chi connectivity index (χ2v) is 10.3. The molecule has 1 heterocycles. The first-order chi connectivity index (χ1) is 17.0. The lowest BCUT2D eigenvalue weighted by molar-refractivity contribution is -0.231. The third-order valence-electron chi connectivity index (χ3n) is 7.71. The maximum atomic E-state index is 10.6. The van der Waals surface area contributed by atoms with Crippen molar-refractivity contribution in [2.45, 2.75) is 89.0 Å². The molecule has 1 aliphatic carbocycles. The molecule has 4 rings (SSSR count). The van der Waals surface area contributed by atoms with Crippen LogP contribution in [0.4, 0.5) is 0 Å². The smallest absolute Gasteiger partial charge is 0.123 e. The molecule has 0 bridgehead atoms. The van der Waals surface area contributed by atoms with E-state index in [9.17, 15) is 20.4 Å². The highest BCUT2D eigenvalue weighted by Crippen LogP contribution is 2.38. The van der Waals surface area contributed by atoms with Crippen LogP contribution >= 0.6 is 0 Å². The van der Waals surface area contributed by atoms with Crippen molar-refractivity contribution in [1.82, 2.24) is 0 Å². The van der Waals surface area contributed by atoms with E-state index in [1.807, 2.05) is 48.5 Å². The Hall–Kier alpha value is -1.96. The van der Waals surface area contributed by atoms with Gasteiger partial charge in [0.1, 0.15) is 42.9 Å². The Balaban J connectivity index is 1.54.